The lowest BCUT2D eigenvalue weighted by Crippen LogP contribution is -2.23. The molecule has 16 heavy (non-hydrogen) atoms. The van der Waals surface area contributed by atoms with Gasteiger partial charge in [0, 0.05) is 12.3 Å². The molecule has 0 aliphatic carbocycles. The van der Waals surface area contributed by atoms with Crippen molar-refractivity contribution in [2.45, 2.75) is 5.22 Å². The minimum Gasteiger partial charge on any atom is -0.465 e. The Hall–Kier alpha value is -1.69. The van der Waals surface area contributed by atoms with Gasteiger partial charge in [-0.3, -0.25) is 0 Å². The lowest BCUT2D eigenvalue weighted by Gasteiger charge is -1.96. The molecule has 0 saturated heterocycles. The van der Waals surface area contributed by atoms with E-state index in [-0.39, 0.29) is 0 Å². The highest BCUT2D eigenvalue weighted by Gasteiger charge is 2.05. The number of aromatic nitrogens is 1. The van der Waals surface area contributed by atoms with E-state index in [0.717, 1.165) is 11.1 Å². The first-order valence-corrected chi connectivity index (χ1v) is 5.69. The van der Waals surface area contributed by atoms with E-state index in [9.17, 15) is 4.79 Å². The van der Waals surface area contributed by atoms with Crippen molar-refractivity contribution in [1.29, 1.82) is 0 Å². The highest BCUT2D eigenvalue weighted by Crippen LogP contribution is 2.22. The average molecular weight is 238 g/mol. The molecule has 6 heteroatoms. The number of carbonyl (C=O) groups is 1. The molecular weight excluding hydrogens is 228 g/mol. The van der Waals surface area contributed by atoms with E-state index in [2.05, 4.69) is 10.3 Å². The summed E-state index contributed by atoms with van der Waals surface area (Å²) < 4.78 is 5.45. The first kappa shape index (κ1) is 10.8. The van der Waals surface area contributed by atoms with Gasteiger partial charge >= 0.3 is 6.09 Å². The molecule has 0 aliphatic heterocycles. The van der Waals surface area contributed by atoms with Crippen LogP contribution in [0.1, 0.15) is 0 Å². The highest BCUT2D eigenvalue weighted by atomic mass is 32.2. The number of hydrogen-bond donors (Lipinski definition) is 2. The third-order valence-corrected chi connectivity index (χ3v) is 2.71. The molecule has 0 spiro atoms. The number of fused-ring (bicyclic) bond motifs is 1. The fourth-order valence-electron chi connectivity index (χ4n) is 1.21. The van der Waals surface area contributed by atoms with Crippen LogP contribution in [-0.2, 0) is 0 Å². The number of oxazole rings is 1. The van der Waals surface area contributed by atoms with Crippen LogP contribution in [0.25, 0.3) is 11.1 Å². The minimum atomic E-state index is -1.02. The van der Waals surface area contributed by atoms with E-state index in [1.807, 2.05) is 24.3 Å². The van der Waals surface area contributed by atoms with Crippen molar-refractivity contribution in [2.75, 3.05) is 12.3 Å². The van der Waals surface area contributed by atoms with Gasteiger partial charge in [-0.05, 0) is 12.1 Å². The molecular formula is C10H10N2O3S. The zero-order valence-corrected chi connectivity index (χ0v) is 9.16. The van der Waals surface area contributed by atoms with Crippen LogP contribution in [0.3, 0.4) is 0 Å². The number of thioether (sulfide) groups is 1. The first-order chi connectivity index (χ1) is 7.75. The van der Waals surface area contributed by atoms with Gasteiger partial charge in [0.1, 0.15) is 5.52 Å². The highest BCUT2D eigenvalue weighted by molar-refractivity contribution is 7.99. The Kier molecular flexibility index (Phi) is 3.31. The van der Waals surface area contributed by atoms with Crippen molar-refractivity contribution in [1.82, 2.24) is 10.3 Å². The molecule has 2 rings (SSSR count). The maximum atomic E-state index is 10.2. The summed E-state index contributed by atoms with van der Waals surface area (Å²) in [6, 6.07) is 7.50. The van der Waals surface area contributed by atoms with Crippen molar-refractivity contribution < 1.29 is 14.3 Å². The number of nitrogens with one attached hydrogen (secondary N) is 1. The number of amides is 1. The topological polar surface area (TPSA) is 75.4 Å². The van der Waals surface area contributed by atoms with Gasteiger partial charge in [0.05, 0.1) is 0 Å². The molecule has 1 amide bonds. The SMILES string of the molecule is O=C(O)NCCSc1nc2ccccc2o1. The summed E-state index contributed by atoms with van der Waals surface area (Å²) in [5.74, 6) is 0.596. The van der Waals surface area contributed by atoms with E-state index in [1.165, 1.54) is 11.8 Å². The van der Waals surface area contributed by atoms with E-state index < -0.39 is 6.09 Å². The van der Waals surface area contributed by atoms with E-state index >= 15 is 0 Å². The number of nitrogens with zero attached hydrogens (tertiary/aromatic N) is 1. The number of benzene rings is 1. The predicted molar refractivity (Wildman–Crippen MR) is 60.8 cm³/mol. The second kappa shape index (κ2) is 4.89. The van der Waals surface area contributed by atoms with E-state index in [1.54, 1.807) is 0 Å². The lowest BCUT2D eigenvalue weighted by molar-refractivity contribution is 0.195. The number of para-hydroxylation sites is 2. The quantitative estimate of drug-likeness (QED) is 0.630. The van der Waals surface area contributed by atoms with Gasteiger partial charge in [-0.25, -0.2) is 9.78 Å². The van der Waals surface area contributed by atoms with Crippen molar-refractivity contribution >= 4 is 29.0 Å². The molecule has 5 nitrogen and oxygen atoms in total. The largest absolute Gasteiger partial charge is 0.465 e. The smallest absolute Gasteiger partial charge is 0.404 e. The fourth-order valence-corrected chi connectivity index (χ4v) is 1.90. The first-order valence-electron chi connectivity index (χ1n) is 4.71. The molecule has 0 aliphatic rings. The van der Waals surface area contributed by atoms with Gasteiger partial charge in [-0.2, -0.15) is 0 Å². The van der Waals surface area contributed by atoms with Gasteiger partial charge in [-0.1, -0.05) is 23.9 Å². The van der Waals surface area contributed by atoms with Crippen LogP contribution in [0.4, 0.5) is 4.79 Å². The zero-order chi connectivity index (χ0) is 11.4. The Balaban J connectivity index is 1.92. The molecule has 2 aromatic rings. The normalized spacial score (nSPS) is 10.5. The standard InChI is InChI=1S/C10H10N2O3S/c13-9(14)11-5-6-16-10-12-7-3-1-2-4-8(7)15-10/h1-4,11H,5-6H2,(H,13,14). The Morgan fingerprint density at radius 2 is 2.31 bits per heavy atom. The van der Waals surface area contributed by atoms with Crippen LogP contribution in [0.15, 0.2) is 33.9 Å². The third kappa shape index (κ3) is 2.66. The fraction of sp³-hybridized carbons (Fsp3) is 0.200. The molecule has 1 aromatic carbocycles. The predicted octanol–water partition coefficient (Wildman–Crippen LogP) is 2.19. The van der Waals surface area contributed by atoms with Gasteiger partial charge < -0.3 is 14.8 Å². The van der Waals surface area contributed by atoms with Gasteiger partial charge in [0.15, 0.2) is 5.58 Å². The summed E-state index contributed by atoms with van der Waals surface area (Å²) in [5.41, 5.74) is 1.56. The molecule has 1 aromatic heterocycles. The molecule has 0 unspecified atom stereocenters. The Bertz CT molecular complexity index is 465. The van der Waals surface area contributed by atoms with Gasteiger partial charge in [-0.15, -0.1) is 0 Å². The second-order valence-corrected chi connectivity index (χ2v) is 4.07. The number of rotatable bonds is 4. The molecule has 2 N–H and O–H groups in total. The monoisotopic (exact) mass is 238 g/mol. The Morgan fingerprint density at radius 1 is 1.50 bits per heavy atom. The molecule has 84 valence electrons. The second-order valence-electron chi connectivity index (χ2n) is 3.03. The number of hydrogen-bond acceptors (Lipinski definition) is 4. The van der Waals surface area contributed by atoms with Crippen LogP contribution < -0.4 is 5.32 Å². The summed E-state index contributed by atoms with van der Waals surface area (Å²) in [6.07, 6.45) is -1.02. The van der Waals surface area contributed by atoms with Crippen molar-refractivity contribution in [3.8, 4) is 0 Å². The van der Waals surface area contributed by atoms with Crippen molar-refractivity contribution in [3.63, 3.8) is 0 Å². The van der Waals surface area contributed by atoms with Crippen LogP contribution in [0.5, 0.6) is 0 Å². The Morgan fingerprint density at radius 3 is 3.06 bits per heavy atom. The summed E-state index contributed by atoms with van der Waals surface area (Å²) in [4.78, 5) is 14.4. The average Bonchev–Trinajstić information content (AvgIpc) is 2.66. The maximum Gasteiger partial charge on any atom is 0.404 e. The maximum absolute atomic E-state index is 10.2. The molecule has 0 fully saturated rings. The summed E-state index contributed by atoms with van der Waals surface area (Å²) in [7, 11) is 0. The van der Waals surface area contributed by atoms with Crippen molar-refractivity contribution in [3.05, 3.63) is 24.3 Å². The van der Waals surface area contributed by atoms with Crippen LogP contribution in [-0.4, -0.2) is 28.5 Å². The summed E-state index contributed by atoms with van der Waals surface area (Å²) >= 11 is 1.38. The molecule has 0 radical (unpaired) electrons. The zero-order valence-electron chi connectivity index (χ0n) is 8.34. The summed E-state index contributed by atoms with van der Waals surface area (Å²) in [6.45, 7) is 0.374. The van der Waals surface area contributed by atoms with E-state index in [4.69, 9.17) is 9.52 Å². The van der Waals surface area contributed by atoms with E-state index in [0.29, 0.717) is 17.5 Å². The van der Waals surface area contributed by atoms with Crippen molar-refractivity contribution in [2.24, 2.45) is 0 Å². The van der Waals surface area contributed by atoms with Crippen LogP contribution in [0, 0.1) is 0 Å². The Labute approximate surface area is 95.9 Å². The number of carboxylic acid groups (broad SMARTS) is 1. The molecule has 0 saturated carbocycles. The lowest BCUT2D eigenvalue weighted by atomic mass is 10.3. The minimum absolute atomic E-state index is 0.374. The van der Waals surface area contributed by atoms with Crippen LogP contribution in [0.2, 0.25) is 0 Å². The summed E-state index contributed by atoms with van der Waals surface area (Å²) in [5, 5.41) is 11.2. The van der Waals surface area contributed by atoms with Gasteiger partial charge in [0.25, 0.3) is 5.22 Å². The molecule has 0 atom stereocenters. The third-order valence-electron chi connectivity index (χ3n) is 1.88. The molecule has 1 heterocycles. The van der Waals surface area contributed by atoms with Crippen LogP contribution >= 0.6 is 11.8 Å². The molecule has 0 bridgehead atoms. The van der Waals surface area contributed by atoms with Gasteiger partial charge in [0.2, 0.25) is 0 Å².